The zero-order valence-corrected chi connectivity index (χ0v) is 14.4. The maximum atomic E-state index is 11.4. The second kappa shape index (κ2) is 12.7. The van der Waals surface area contributed by atoms with Gasteiger partial charge in [0.15, 0.2) is 0 Å². The fourth-order valence-electron chi connectivity index (χ4n) is 1.93. The average Bonchev–Trinajstić information content (AvgIpc) is 2.36. The Bertz CT molecular complexity index is 297. The first-order valence-corrected chi connectivity index (χ1v) is 10.1. The summed E-state index contributed by atoms with van der Waals surface area (Å²) < 4.78 is 20.7. The predicted molar refractivity (Wildman–Crippen MR) is 83.0 cm³/mol. The van der Waals surface area contributed by atoms with Gasteiger partial charge in [-0.3, -0.25) is 9.32 Å². The van der Waals surface area contributed by atoms with Crippen molar-refractivity contribution in [3.8, 4) is 0 Å². The Hall–Kier alpha value is -0.0500. The van der Waals surface area contributed by atoms with Crippen LogP contribution in [0.1, 0.15) is 78.1 Å². The summed E-state index contributed by atoms with van der Waals surface area (Å²) in [6.07, 6.45) is 10.8. The van der Waals surface area contributed by atoms with Gasteiger partial charge < -0.3 is 4.52 Å². The lowest BCUT2D eigenvalue weighted by Gasteiger charge is -2.09. The van der Waals surface area contributed by atoms with E-state index in [1.165, 1.54) is 38.5 Å². The van der Waals surface area contributed by atoms with Crippen molar-refractivity contribution in [3.05, 3.63) is 0 Å². The fourth-order valence-corrected chi connectivity index (χ4v) is 3.15. The number of hydrogen-bond acceptors (Lipinski definition) is 4. The summed E-state index contributed by atoms with van der Waals surface area (Å²) in [5, 5.41) is 0. The van der Waals surface area contributed by atoms with Crippen molar-refractivity contribution in [1.82, 2.24) is 0 Å². The van der Waals surface area contributed by atoms with Gasteiger partial charge in [0.05, 0.1) is 6.61 Å². The number of unbranched alkanes of at least 4 members (excludes halogenated alkanes) is 8. The van der Waals surface area contributed by atoms with Crippen molar-refractivity contribution < 1.29 is 18.4 Å². The monoisotopic (exact) mass is 326 g/mol. The Kier molecular flexibility index (Phi) is 12.6. The summed E-state index contributed by atoms with van der Waals surface area (Å²) >= 11 is 5.44. The van der Waals surface area contributed by atoms with Crippen LogP contribution in [-0.2, 0) is 18.4 Å². The molecule has 0 aromatic carbocycles. The zero-order valence-electron chi connectivity index (χ0n) is 12.7. The van der Waals surface area contributed by atoms with Crippen LogP contribution in [0.2, 0.25) is 0 Å². The lowest BCUT2D eigenvalue weighted by Crippen LogP contribution is -2.02. The minimum Gasteiger partial charge on any atom is -0.380 e. The Morgan fingerprint density at radius 2 is 1.45 bits per heavy atom. The van der Waals surface area contributed by atoms with Crippen LogP contribution in [0.4, 0.5) is 0 Å². The van der Waals surface area contributed by atoms with Gasteiger partial charge in [-0.15, -0.1) is 0 Å². The molecule has 4 nitrogen and oxygen atoms in total. The SMILES string of the molecule is CCCCCCCCCCCC(=O)OP(=O)(Cl)OCC. The van der Waals surface area contributed by atoms with E-state index in [0.29, 0.717) is 0 Å². The van der Waals surface area contributed by atoms with E-state index in [2.05, 4.69) is 16.0 Å². The Labute approximate surface area is 127 Å². The van der Waals surface area contributed by atoms with Crippen molar-refractivity contribution in [2.75, 3.05) is 6.61 Å². The summed E-state index contributed by atoms with van der Waals surface area (Å²) in [5.41, 5.74) is 0. The molecule has 6 heteroatoms. The van der Waals surface area contributed by atoms with E-state index in [1.54, 1.807) is 6.92 Å². The molecule has 0 bridgehead atoms. The molecule has 0 rings (SSSR count). The Morgan fingerprint density at radius 1 is 0.950 bits per heavy atom. The molecule has 0 saturated carbocycles. The van der Waals surface area contributed by atoms with Gasteiger partial charge >= 0.3 is 12.9 Å². The van der Waals surface area contributed by atoms with Crippen LogP contribution in [-0.4, -0.2) is 12.6 Å². The predicted octanol–water partition coefficient (Wildman–Crippen LogP) is 5.83. The highest BCUT2D eigenvalue weighted by Crippen LogP contribution is 2.53. The molecule has 0 aliphatic carbocycles. The minimum absolute atomic E-state index is 0.159. The molecule has 0 fully saturated rings. The number of halogens is 1. The van der Waals surface area contributed by atoms with Crippen LogP contribution in [0.25, 0.3) is 0 Å². The van der Waals surface area contributed by atoms with Crippen LogP contribution in [0.5, 0.6) is 0 Å². The lowest BCUT2D eigenvalue weighted by molar-refractivity contribution is -0.134. The quantitative estimate of drug-likeness (QED) is 0.315. The Balaban J connectivity index is 3.42. The maximum absolute atomic E-state index is 11.4. The first kappa shape index (κ1) is 19.9. The second-order valence-corrected chi connectivity index (χ2v) is 7.43. The summed E-state index contributed by atoms with van der Waals surface area (Å²) in [5.74, 6) is -0.542. The molecular formula is C14H28ClO4P. The third-order valence-corrected chi connectivity index (χ3v) is 4.47. The highest BCUT2D eigenvalue weighted by atomic mass is 35.7. The second-order valence-electron chi connectivity index (χ2n) is 4.89. The van der Waals surface area contributed by atoms with E-state index in [0.717, 1.165) is 19.3 Å². The molecule has 0 aromatic rings. The molecule has 0 aromatic heterocycles. The molecule has 1 unspecified atom stereocenters. The molecule has 0 aliphatic heterocycles. The van der Waals surface area contributed by atoms with Crippen molar-refractivity contribution in [2.45, 2.75) is 78.1 Å². The van der Waals surface area contributed by atoms with Gasteiger partial charge in [-0.05, 0) is 13.3 Å². The number of hydrogen-bond donors (Lipinski definition) is 0. The molecule has 0 spiro atoms. The highest BCUT2D eigenvalue weighted by molar-refractivity contribution is 7.81. The van der Waals surface area contributed by atoms with Gasteiger partial charge in [-0.2, -0.15) is 0 Å². The molecule has 20 heavy (non-hydrogen) atoms. The average molecular weight is 327 g/mol. The number of rotatable bonds is 13. The van der Waals surface area contributed by atoms with Gasteiger partial charge in [-0.1, -0.05) is 58.3 Å². The van der Waals surface area contributed by atoms with Crippen LogP contribution < -0.4 is 0 Å². The summed E-state index contributed by atoms with van der Waals surface area (Å²) in [7, 11) is 0. The van der Waals surface area contributed by atoms with Gasteiger partial charge in [0.1, 0.15) is 0 Å². The summed E-state index contributed by atoms with van der Waals surface area (Å²) in [4.78, 5) is 11.4. The molecule has 0 radical (unpaired) electrons. The number of carbonyl (C=O) groups is 1. The van der Waals surface area contributed by atoms with Gasteiger partial charge in [0.25, 0.3) is 0 Å². The molecule has 0 aliphatic rings. The van der Waals surface area contributed by atoms with Crippen LogP contribution in [0.15, 0.2) is 0 Å². The van der Waals surface area contributed by atoms with Gasteiger partial charge in [0, 0.05) is 17.7 Å². The van der Waals surface area contributed by atoms with Crippen LogP contribution in [0.3, 0.4) is 0 Å². The van der Waals surface area contributed by atoms with E-state index in [9.17, 15) is 9.36 Å². The molecule has 120 valence electrons. The molecule has 1 atom stereocenters. The molecule has 0 amide bonds. The zero-order chi connectivity index (χ0) is 15.3. The molecule has 0 N–H and O–H groups in total. The van der Waals surface area contributed by atoms with Crippen LogP contribution in [0, 0.1) is 0 Å². The van der Waals surface area contributed by atoms with E-state index in [-0.39, 0.29) is 13.0 Å². The highest BCUT2D eigenvalue weighted by Gasteiger charge is 2.24. The largest absolute Gasteiger partial charge is 0.478 e. The normalized spacial score (nSPS) is 13.9. The molecule has 0 heterocycles. The van der Waals surface area contributed by atoms with Gasteiger partial charge in [-0.25, -0.2) is 4.57 Å². The van der Waals surface area contributed by atoms with Crippen molar-refractivity contribution in [2.24, 2.45) is 0 Å². The maximum Gasteiger partial charge on any atom is 0.478 e. The standard InChI is InChI=1S/C14H28ClO4P/c1-3-5-6-7-8-9-10-11-12-13-14(16)19-20(15,17)18-4-2/h3-13H2,1-2H3. The lowest BCUT2D eigenvalue weighted by atomic mass is 10.1. The third-order valence-electron chi connectivity index (χ3n) is 2.98. The molecule has 0 saturated heterocycles. The van der Waals surface area contributed by atoms with E-state index < -0.39 is 12.9 Å². The Morgan fingerprint density at radius 3 is 1.95 bits per heavy atom. The topological polar surface area (TPSA) is 52.6 Å². The van der Waals surface area contributed by atoms with Crippen molar-refractivity contribution in [1.29, 1.82) is 0 Å². The smallest absolute Gasteiger partial charge is 0.380 e. The van der Waals surface area contributed by atoms with Gasteiger partial charge in [0.2, 0.25) is 0 Å². The molecular weight excluding hydrogens is 299 g/mol. The van der Waals surface area contributed by atoms with Crippen molar-refractivity contribution in [3.63, 3.8) is 0 Å². The summed E-state index contributed by atoms with van der Waals surface area (Å²) in [6, 6.07) is 0. The third kappa shape index (κ3) is 13.0. The summed E-state index contributed by atoms with van der Waals surface area (Å²) in [6.45, 7) is 0.311. The van der Waals surface area contributed by atoms with E-state index in [1.807, 2.05) is 0 Å². The van der Waals surface area contributed by atoms with E-state index >= 15 is 0 Å². The first-order valence-electron chi connectivity index (χ1n) is 7.68. The fraction of sp³-hybridized carbons (Fsp3) is 0.929. The first-order chi connectivity index (χ1) is 9.52. The van der Waals surface area contributed by atoms with E-state index in [4.69, 9.17) is 11.2 Å². The van der Waals surface area contributed by atoms with Crippen LogP contribution >= 0.6 is 18.2 Å². The van der Waals surface area contributed by atoms with Crippen molar-refractivity contribution >= 4 is 24.2 Å². The number of carbonyl (C=O) groups excluding carboxylic acids is 1. The minimum atomic E-state index is -3.70.